The van der Waals surface area contributed by atoms with Crippen molar-refractivity contribution in [1.82, 2.24) is 24.8 Å². The molecule has 5 aromatic rings. The van der Waals surface area contributed by atoms with Crippen LogP contribution in [0.2, 0.25) is 0 Å². The molecular formula is C37H35N5O2S. The van der Waals surface area contributed by atoms with Crippen molar-refractivity contribution in [2.75, 3.05) is 6.54 Å². The van der Waals surface area contributed by atoms with Crippen LogP contribution in [0.3, 0.4) is 0 Å². The first-order valence-corrected chi connectivity index (χ1v) is 15.9. The van der Waals surface area contributed by atoms with Crippen LogP contribution in [-0.4, -0.2) is 49.2 Å². The van der Waals surface area contributed by atoms with E-state index in [4.69, 9.17) is 0 Å². The predicted octanol–water partition coefficient (Wildman–Crippen LogP) is 6.46. The van der Waals surface area contributed by atoms with E-state index in [1.165, 1.54) is 11.9 Å². The highest BCUT2D eigenvalue weighted by atomic mass is 32.1. The summed E-state index contributed by atoms with van der Waals surface area (Å²) in [6.45, 7) is 5.33. The summed E-state index contributed by atoms with van der Waals surface area (Å²) in [5.74, 6) is -0.259. The van der Waals surface area contributed by atoms with E-state index in [0.717, 1.165) is 49.8 Å². The molecule has 0 spiro atoms. The van der Waals surface area contributed by atoms with Crippen molar-refractivity contribution in [3.63, 3.8) is 0 Å². The molecule has 1 aliphatic heterocycles. The smallest absolute Gasteiger partial charge is 0.247 e. The zero-order chi connectivity index (χ0) is 31.2. The molecule has 1 atom stereocenters. The van der Waals surface area contributed by atoms with Gasteiger partial charge in [-0.1, -0.05) is 78.9 Å². The van der Waals surface area contributed by atoms with Crippen molar-refractivity contribution < 1.29 is 9.59 Å². The van der Waals surface area contributed by atoms with E-state index in [2.05, 4.69) is 27.1 Å². The summed E-state index contributed by atoms with van der Waals surface area (Å²) in [5, 5.41) is 0.947. The summed E-state index contributed by atoms with van der Waals surface area (Å²) in [7, 11) is 0. The van der Waals surface area contributed by atoms with Gasteiger partial charge in [-0.15, -0.1) is 11.3 Å². The molecule has 1 aliphatic rings. The molecule has 0 aliphatic carbocycles. The molecular weight excluding hydrogens is 579 g/mol. The molecule has 7 nitrogen and oxygen atoms in total. The third kappa shape index (κ3) is 7.24. The van der Waals surface area contributed by atoms with E-state index in [9.17, 15) is 9.59 Å². The second-order valence-corrected chi connectivity index (χ2v) is 12.5. The molecule has 3 aromatic carbocycles. The van der Waals surface area contributed by atoms with Gasteiger partial charge in [0.25, 0.3) is 0 Å². The SMILES string of the molecule is Cc1nc(C)c(/C=C/C(=O)N(Cc2ccc(-c3cncnc3)cc2)[C@@H](Cc2ccccc2)C(=O)N2CCc3ccccc3C2)s1. The number of fused-ring (bicyclic) bond motifs is 1. The van der Waals surface area contributed by atoms with E-state index in [1.807, 2.05) is 91.6 Å². The summed E-state index contributed by atoms with van der Waals surface area (Å²) < 4.78 is 0. The van der Waals surface area contributed by atoms with Crippen molar-refractivity contribution in [2.45, 2.75) is 45.8 Å². The number of hydrogen-bond acceptors (Lipinski definition) is 6. The lowest BCUT2D eigenvalue weighted by Gasteiger charge is -2.37. The maximum atomic E-state index is 14.5. The topological polar surface area (TPSA) is 79.3 Å². The molecule has 0 N–H and O–H groups in total. The number of carbonyl (C=O) groups excluding carboxylic acids is 2. The van der Waals surface area contributed by atoms with Crippen LogP contribution in [0.5, 0.6) is 0 Å². The van der Waals surface area contributed by atoms with Gasteiger partial charge in [-0.25, -0.2) is 15.0 Å². The average Bonchev–Trinajstić information content (AvgIpc) is 3.41. The van der Waals surface area contributed by atoms with E-state index >= 15 is 0 Å². The quantitative estimate of drug-likeness (QED) is 0.179. The number of aromatic nitrogens is 3. The van der Waals surface area contributed by atoms with Crippen LogP contribution >= 0.6 is 11.3 Å². The first kappa shape index (κ1) is 30.1. The Kier molecular flexibility index (Phi) is 9.22. The first-order valence-electron chi connectivity index (χ1n) is 15.1. The maximum Gasteiger partial charge on any atom is 0.247 e. The van der Waals surface area contributed by atoms with Crippen molar-refractivity contribution in [1.29, 1.82) is 0 Å². The fourth-order valence-electron chi connectivity index (χ4n) is 5.80. The summed E-state index contributed by atoms with van der Waals surface area (Å²) in [5.41, 5.74) is 7.15. The molecule has 2 aromatic heterocycles. The lowest BCUT2D eigenvalue weighted by atomic mass is 9.97. The van der Waals surface area contributed by atoms with Gasteiger partial charge in [0.05, 0.1) is 15.6 Å². The van der Waals surface area contributed by atoms with Crippen LogP contribution in [-0.2, 0) is 35.5 Å². The third-order valence-electron chi connectivity index (χ3n) is 8.18. The standard InChI is InChI=1S/C37H35N5O2S/c1-26-35(45-27(2)40-26)16-17-36(43)42(23-29-12-14-31(15-13-29)33-21-38-25-39-22-33)34(20-28-8-4-3-5-9-28)37(44)41-19-18-30-10-6-7-11-32(30)24-41/h3-17,21-22,25,34H,18-20,23-24H2,1-2H3/b17-16+/t34-/m0/s1. The highest BCUT2D eigenvalue weighted by Crippen LogP contribution is 2.25. The molecule has 0 saturated carbocycles. The van der Waals surface area contributed by atoms with E-state index < -0.39 is 6.04 Å². The van der Waals surface area contributed by atoms with Crippen molar-refractivity contribution in [3.8, 4) is 11.1 Å². The van der Waals surface area contributed by atoms with Crippen LogP contribution in [0, 0.1) is 13.8 Å². The molecule has 45 heavy (non-hydrogen) atoms. The summed E-state index contributed by atoms with van der Waals surface area (Å²) in [6, 6.07) is 25.6. The second kappa shape index (κ2) is 13.8. The Balaban J connectivity index is 1.35. The van der Waals surface area contributed by atoms with Crippen LogP contribution < -0.4 is 0 Å². The van der Waals surface area contributed by atoms with Gasteiger partial charge in [-0.05, 0) is 54.2 Å². The highest BCUT2D eigenvalue weighted by Gasteiger charge is 2.34. The minimum Gasteiger partial charge on any atom is -0.336 e. The number of nitrogens with zero attached hydrogens (tertiary/aromatic N) is 5. The number of hydrogen-bond donors (Lipinski definition) is 0. The Morgan fingerprint density at radius 1 is 0.889 bits per heavy atom. The fraction of sp³-hybridized carbons (Fsp3) is 0.216. The van der Waals surface area contributed by atoms with Gasteiger partial charge in [0.1, 0.15) is 12.4 Å². The number of amides is 2. The van der Waals surface area contributed by atoms with Gasteiger partial charge < -0.3 is 9.80 Å². The second-order valence-electron chi connectivity index (χ2n) is 11.3. The average molecular weight is 614 g/mol. The Hall–Kier alpha value is -4.95. The zero-order valence-electron chi connectivity index (χ0n) is 25.5. The largest absolute Gasteiger partial charge is 0.336 e. The Labute approximate surface area is 267 Å². The van der Waals surface area contributed by atoms with Crippen LogP contribution in [0.25, 0.3) is 17.2 Å². The van der Waals surface area contributed by atoms with Crippen molar-refractivity contribution >= 4 is 29.2 Å². The molecule has 6 rings (SSSR count). The van der Waals surface area contributed by atoms with Gasteiger partial charge >= 0.3 is 0 Å². The summed E-state index contributed by atoms with van der Waals surface area (Å²) >= 11 is 1.55. The molecule has 2 amide bonds. The first-order chi connectivity index (χ1) is 21.9. The monoisotopic (exact) mass is 613 g/mol. The van der Waals surface area contributed by atoms with Gasteiger partial charge in [0, 0.05) is 50.1 Å². The van der Waals surface area contributed by atoms with Crippen LogP contribution in [0.15, 0.2) is 104 Å². The summed E-state index contributed by atoms with van der Waals surface area (Å²) in [6.07, 6.45) is 9.68. The van der Waals surface area contributed by atoms with Crippen molar-refractivity contribution in [2.24, 2.45) is 0 Å². The highest BCUT2D eigenvalue weighted by molar-refractivity contribution is 7.12. The minimum absolute atomic E-state index is 0.0435. The zero-order valence-corrected chi connectivity index (χ0v) is 26.3. The molecule has 3 heterocycles. The lowest BCUT2D eigenvalue weighted by Crippen LogP contribution is -2.52. The minimum atomic E-state index is -0.693. The number of benzene rings is 3. The predicted molar refractivity (Wildman–Crippen MR) is 178 cm³/mol. The van der Waals surface area contributed by atoms with E-state index in [1.54, 1.807) is 34.7 Å². The molecule has 0 saturated heterocycles. The summed E-state index contributed by atoms with van der Waals surface area (Å²) in [4.78, 5) is 46.0. The maximum absolute atomic E-state index is 14.5. The van der Waals surface area contributed by atoms with Crippen LogP contribution in [0.4, 0.5) is 0 Å². The molecule has 8 heteroatoms. The lowest BCUT2D eigenvalue weighted by molar-refractivity contribution is -0.144. The Bertz CT molecular complexity index is 1800. The Morgan fingerprint density at radius 3 is 2.31 bits per heavy atom. The number of carbonyl (C=O) groups is 2. The fourth-order valence-corrected chi connectivity index (χ4v) is 6.63. The van der Waals surface area contributed by atoms with Gasteiger partial charge in [-0.3, -0.25) is 9.59 Å². The molecule has 226 valence electrons. The van der Waals surface area contributed by atoms with Gasteiger partial charge in [0.15, 0.2) is 0 Å². The number of aryl methyl sites for hydroxylation is 2. The molecule has 0 unspecified atom stereocenters. The molecule has 0 fully saturated rings. The third-order valence-corrected chi connectivity index (χ3v) is 9.21. The Morgan fingerprint density at radius 2 is 1.60 bits per heavy atom. The van der Waals surface area contributed by atoms with Crippen LogP contribution in [0.1, 0.15) is 37.8 Å². The normalized spacial score (nSPS) is 13.4. The molecule has 0 bridgehead atoms. The van der Waals surface area contributed by atoms with E-state index in [0.29, 0.717) is 19.5 Å². The van der Waals surface area contributed by atoms with Gasteiger partial charge in [-0.2, -0.15) is 0 Å². The number of rotatable bonds is 9. The van der Waals surface area contributed by atoms with Gasteiger partial charge in [0.2, 0.25) is 11.8 Å². The number of thiazole rings is 1. The molecule has 0 radical (unpaired) electrons. The van der Waals surface area contributed by atoms with Crippen molar-refractivity contribution in [3.05, 3.63) is 141 Å². The van der Waals surface area contributed by atoms with E-state index in [-0.39, 0.29) is 18.4 Å².